The van der Waals surface area contributed by atoms with E-state index < -0.39 is 0 Å². The Morgan fingerprint density at radius 1 is 1.43 bits per heavy atom. The summed E-state index contributed by atoms with van der Waals surface area (Å²) in [5.41, 5.74) is 5.38. The second kappa shape index (κ2) is 5.38. The van der Waals surface area contributed by atoms with Gasteiger partial charge in [-0.05, 0) is 24.8 Å². The lowest BCUT2D eigenvalue weighted by molar-refractivity contribution is -0.132. The van der Waals surface area contributed by atoms with Crippen molar-refractivity contribution >= 4 is 11.9 Å². The molecule has 21 heavy (non-hydrogen) atoms. The van der Waals surface area contributed by atoms with Crippen LogP contribution in [0.1, 0.15) is 19.8 Å². The van der Waals surface area contributed by atoms with Crippen molar-refractivity contribution in [3.63, 3.8) is 0 Å². The van der Waals surface area contributed by atoms with Gasteiger partial charge in [0.05, 0.1) is 12.6 Å². The van der Waals surface area contributed by atoms with Crippen LogP contribution >= 0.6 is 0 Å². The average Bonchev–Trinajstić information content (AvgIpc) is 3.04. The minimum absolute atomic E-state index is 0.104. The standard InChI is InChI=1S/C14H21N5O2/c1-10(20)19-12(9-18-5-2-4-16-18)7-11-8-17(14(15)21)6-3-13(11)19/h2,4-5,11-13H,3,6-9H2,1H3,(H2,15,21)/t11-,12-,13+/m1/s1. The fourth-order valence-electron chi connectivity index (χ4n) is 3.83. The van der Waals surface area contributed by atoms with Crippen molar-refractivity contribution in [3.05, 3.63) is 18.5 Å². The Morgan fingerprint density at radius 3 is 2.86 bits per heavy atom. The molecule has 0 aliphatic carbocycles. The number of carbonyl (C=O) groups is 2. The van der Waals surface area contributed by atoms with Gasteiger partial charge in [-0.15, -0.1) is 0 Å². The van der Waals surface area contributed by atoms with Crippen molar-refractivity contribution in [2.24, 2.45) is 11.7 Å². The molecule has 7 nitrogen and oxygen atoms in total. The third-order valence-electron chi connectivity index (χ3n) is 4.65. The first-order valence-electron chi connectivity index (χ1n) is 7.37. The number of likely N-dealkylation sites (tertiary alicyclic amines) is 2. The zero-order valence-electron chi connectivity index (χ0n) is 12.2. The molecule has 3 amide bonds. The lowest BCUT2D eigenvalue weighted by Gasteiger charge is -2.37. The fourth-order valence-corrected chi connectivity index (χ4v) is 3.83. The van der Waals surface area contributed by atoms with E-state index in [2.05, 4.69) is 5.10 Å². The number of primary amides is 1. The lowest BCUT2D eigenvalue weighted by atomic mass is 9.92. The quantitative estimate of drug-likeness (QED) is 0.849. The van der Waals surface area contributed by atoms with Crippen LogP contribution in [0.3, 0.4) is 0 Å². The van der Waals surface area contributed by atoms with E-state index in [0.717, 1.165) is 12.8 Å². The third-order valence-corrected chi connectivity index (χ3v) is 4.65. The molecule has 0 aromatic carbocycles. The second-order valence-electron chi connectivity index (χ2n) is 5.94. The Morgan fingerprint density at radius 2 is 2.24 bits per heavy atom. The zero-order chi connectivity index (χ0) is 15.0. The number of nitrogens with zero attached hydrogens (tertiary/aromatic N) is 4. The SMILES string of the molecule is CC(=O)N1[C@@H](Cn2cccn2)C[C@@H]2CN(C(N)=O)CC[C@@H]21. The highest BCUT2D eigenvalue weighted by Crippen LogP contribution is 2.36. The highest BCUT2D eigenvalue weighted by Gasteiger charge is 2.45. The number of aromatic nitrogens is 2. The van der Waals surface area contributed by atoms with E-state index in [0.29, 0.717) is 25.6 Å². The molecule has 2 aliphatic heterocycles. The van der Waals surface area contributed by atoms with Gasteiger partial charge in [0.2, 0.25) is 5.91 Å². The molecule has 114 valence electrons. The van der Waals surface area contributed by atoms with Crippen molar-refractivity contribution in [1.29, 1.82) is 0 Å². The maximum absolute atomic E-state index is 12.0. The first kappa shape index (κ1) is 13.9. The molecule has 2 fully saturated rings. The van der Waals surface area contributed by atoms with E-state index in [4.69, 9.17) is 5.73 Å². The molecule has 1 aromatic heterocycles. The minimum Gasteiger partial charge on any atom is -0.351 e. The Balaban J connectivity index is 1.76. The monoisotopic (exact) mass is 291 g/mol. The molecule has 1 aromatic rings. The second-order valence-corrected chi connectivity index (χ2v) is 5.94. The number of piperidine rings is 1. The van der Waals surface area contributed by atoms with E-state index in [1.807, 2.05) is 21.8 Å². The number of amides is 3. The molecule has 7 heteroatoms. The van der Waals surface area contributed by atoms with Crippen molar-refractivity contribution in [3.8, 4) is 0 Å². The number of urea groups is 1. The first-order chi connectivity index (χ1) is 10.1. The summed E-state index contributed by atoms with van der Waals surface area (Å²) in [6, 6.07) is 1.89. The zero-order valence-corrected chi connectivity index (χ0v) is 12.2. The minimum atomic E-state index is -0.363. The molecule has 2 saturated heterocycles. The summed E-state index contributed by atoms with van der Waals surface area (Å²) in [6.45, 7) is 3.61. The van der Waals surface area contributed by atoms with Crippen LogP contribution in [0.2, 0.25) is 0 Å². The molecule has 0 radical (unpaired) electrons. The van der Waals surface area contributed by atoms with Gasteiger partial charge in [0.25, 0.3) is 0 Å². The van der Waals surface area contributed by atoms with Gasteiger partial charge in [-0.3, -0.25) is 9.48 Å². The highest BCUT2D eigenvalue weighted by molar-refractivity contribution is 5.75. The third kappa shape index (κ3) is 2.59. The van der Waals surface area contributed by atoms with Crippen LogP contribution in [-0.2, 0) is 11.3 Å². The van der Waals surface area contributed by atoms with Crippen molar-refractivity contribution in [2.75, 3.05) is 13.1 Å². The molecule has 0 unspecified atom stereocenters. The molecule has 2 aliphatic rings. The normalized spacial score (nSPS) is 28.5. The van der Waals surface area contributed by atoms with Gasteiger partial charge in [0.15, 0.2) is 0 Å². The number of fused-ring (bicyclic) bond motifs is 1. The van der Waals surface area contributed by atoms with E-state index in [-0.39, 0.29) is 24.0 Å². The maximum atomic E-state index is 12.0. The summed E-state index contributed by atoms with van der Waals surface area (Å²) in [4.78, 5) is 27.1. The number of hydrogen-bond donors (Lipinski definition) is 1. The topological polar surface area (TPSA) is 84.5 Å². The van der Waals surface area contributed by atoms with E-state index >= 15 is 0 Å². The first-order valence-corrected chi connectivity index (χ1v) is 7.37. The predicted octanol–water partition coefficient (Wildman–Crippen LogP) is 0.273. The Labute approximate surface area is 123 Å². The lowest BCUT2D eigenvalue weighted by Crippen LogP contribution is -2.51. The Hall–Kier alpha value is -2.05. The van der Waals surface area contributed by atoms with Crippen molar-refractivity contribution in [1.82, 2.24) is 19.6 Å². The molecule has 0 saturated carbocycles. The summed E-state index contributed by atoms with van der Waals surface area (Å²) in [5, 5.41) is 4.23. The number of carbonyl (C=O) groups excluding carboxylic acids is 2. The molecule has 0 spiro atoms. The van der Waals surface area contributed by atoms with Crippen molar-refractivity contribution in [2.45, 2.75) is 38.4 Å². The Kier molecular flexibility index (Phi) is 3.57. The number of hydrogen-bond acceptors (Lipinski definition) is 3. The van der Waals surface area contributed by atoms with Gasteiger partial charge in [-0.25, -0.2) is 4.79 Å². The maximum Gasteiger partial charge on any atom is 0.314 e. The van der Waals surface area contributed by atoms with E-state index in [1.165, 1.54) is 0 Å². The van der Waals surface area contributed by atoms with Crippen LogP contribution in [0.15, 0.2) is 18.5 Å². The van der Waals surface area contributed by atoms with Crippen LogP contribution in [0.4, 0.5) is 4.79 Å². The van der Waals surface area contributed by atoms with Gasteiger partial charge in [0, 0.05) is 38.4 Å². The summed E-state index contributed by atoms with van der Waals surface area (Å²) < 4.78 is 1.86. The van der Waals surface area contributed by atoms with Crippen molar-refractivity contribution < 1.29 is 9.59 Å². The van der Waals surface area contributed by atoms with Crippen LogP contribution in [0, 0.1) is 5.92 Å². The largest absolute Gasteiger partial charge is 0.351 e. The van der Waals surface area contributed by atoms with Gasteiger partial charge >= 0.3 is 6.03 Å². The van der Waals surface area contributed by atoms with Gasteiger partial charge in [-0.2, -0.15) is 5.10 Å². The molecular formula is C14H21N5O2. The molecule has 3 rings (SSSR count). The highest BCUT2D eigenvalue weighted by atomic mass is 16.2. The van der Waals surface area contributed by atoms with Crippen LogP contribution in [-0.4, -0.2) is 56.7 Å². The summed E-state index contributed by atoms with van der Waals surface area (Å²) in [7, 11) is 0. The smallest absolute Gasteiger partial charge is 0.314 e. The van der Waals surface area contributed by atoms with E-state index in [9.17, 15) is 9.59 Å². The number of nitrogens with two attached hydrogens (primary N) is 1. The number of rotatable bonds is 2. The molecule has 3 heterocycles. The Bertz CT molecular complexity index is 529. The van der Waals surface area contributed by atoms with E-state index in [1.54, 1.807) is 18.0 Å². The average molecular weight is 291 g/mol. The van der Waals surface area contributed by atoms with Crippen LogP contribution in [0.5, 0.6) is 0 Å². The predicted molar refractivity (Wildman–Crippen MR) is 76.2 cm³/mol. The molecule has 2 N–H and O–H groups in total. The summed E-state index contributed by atoms with van der Waals surface area (Å²) in [5.74, 6) is 0.419. The van der Waals surface area contributed by atoms with Gasteiger partial charge in [0.1, 0.15) is 0 Å². The molecule has 0 bridgehead atoms. The molecular weight excluding hydrogens is 270 g/mol. The van der Waals surface area contributed by atoms with Gasteiger partial charge in [-0.1, -0.05) is 0 Å². The summed E-state index contributed by atoms with van der Waals surface area (Å²) >= 11 is 0. The fraction of sp³-hybridized carbons (Fsp3) is 0.643. The summed E-state index contributed by atoms with van der Waals surface area (Å²) in [6.07, 6.45) is 5.36. The van der Waals surface area contributed by atoms with Crippen LogP contribution < -0.4 is 5.73 Å². The van der Waals surface area contributed by atoms with Gasteiger partial charge < -0.3 is 15.5 Å². The van der Waals surface area contributed by atoms with Crippen LogP contribution in [0.25, 0.3) is 0 Å². The molecule has 3 atom stereocenters.